The molecule has 0 unspecified atom stereocenters. The molecular formula is C17H11F3N2S. The van der Waals surface area contributed by atoms with Crippen molar-refractivity contribution in [3.8, 4) is 0 Å². The summed E-state index contributed by atoms with van der Waals surface area (Å²) in [6, 6.07) is 11.7. The van der Waals surface area contributed by atoms with Crippen molar-refractivity contribution in [1.29, 1.82) is 0 Å². The van der Waals surface area contributed by atoms with Crippen molar-refractivity contribution in [3.05, 3.63) is 64.8 Å². The lowest BCUT2D eigenvalue weighted by Gasteiger charge is -2.04. The summed E-state index contributed by atoms with van der Waals surface area (Å²) in [7, 11) is 0. The van der Waals surface area contributed by atoms with E-state index in [-0.39, 0.29) is 0 Å². The lowest BCUT2D eigenvalue weighted by atomic mass is 10.1. The second kappa shape index (κ2) is 5.09. The SMILES string of the molecule is FC(F)(F)c1ccc2sc(Cc3c[nH]c4ccccc34)nc2c1. The van der Waals surface area contributed by atoms with Crippen molar-refractivity contribution in [2.75, 3.05) is 0 Å². The highest BCUT2D eigenvalue weighted by Crippen LogP contribution is 2.33. The van der Waals surface area contributed by atoms with Gasteiger partial charge in [-0.05, 0) is 29.8 Å². The van der Waals surface area contributed by atoms with E-state index in [0.717, 1.165) is 38.3 Å². The van der Waals surface area contributed by atoms with Gasteiger partial charge < -0.3 is 4.98 Å². The molecular weight excluding hydrogens is 321 g/mol. The monoisotopic (exact) mass is 332 g/mol. The normalized spacial score (nSPS) is 12.3. The first-order chi connectivity index (χ1) is 11.0. The molecule has 23 heavy (non-hydrogen) atoms. The van der Waals surface area contributed by atoms with Crippen molar-refractivity contribution in [3.63, 3.8) is 0 Å². The Labute approximate surface area is 133 Å². The number of alkyl halides is 3. The number of nitrogens with one attached hydrogen (secondary N) is 1. The van der Waals surface area contributed by atoms with E-state index in [1.807, 2.05) is 30.5 Å². The fourth-order valence-corrected chi connectivity index (χ4v) is 3.64. The molecule has 4 rings (SSSR count). The highest BCUT2D eigenvalue weighted by Gasteiger charge is 2.30. The maximum absolute atomic E-state index is 12.8. The van der Waals surface area contributed by atoms with Gasteiger partial charge in [0.15, 0.2) is 0 Å². The topological polar surface area (TPSA) is 28.7 Å². The molecule has 0 fully saturated rings. The largest absolute Gasteiger partial charge is 0.416 e. The lowest BCUT2D eigenvalue weighted by Crippen LogP contribution is -2.03. The fourth-order valence-electron chi connectivity index (χ4n) is 2.67. The Hall–Kier alpha value is -2.34. The number of hydrogen-bond acceptors (Lipinski definition) is 2. The van der Waals surface area contributed by atoms with Gasteiger partial charge in [0.2, 0.25) is 0 Å². The third-order valence-electron chi connectivity index (χ3n) is 3.78. The molecule has 0 atom stereocenters. The molecule has 116 valence electrons. The van der Waals surface area contributed by atoms with Crippen molar-refractivity contribution in [2.24, 2.45) is 0 Å². The highest BCUT2D eigenvalue weighted by molar-refractivity contribution is 7.18. The Morgan fingerprint density at radius 3 is 2.74 bits per heavy atom. The van der Waals surface area contributed by atoms with Gasteiger partial charge in [0, 0.05) is 23.5 Å². The maximum atomic E-state index is 12.8. The summed E-state index contributed by atoms with van der Waals surface area (Å²) in [5.74, 6) is 0. The third kappa shape index (κ3) is 2.59. The molecule has 0 saturated heterocycles. The van der Waals surface area contributed by atoms with Crippen LogP contribution in [0.1, 0.15) is 16.1 Å². The van der Waals surface area contributed by atoms with Gasteiger partial charge in [0.25, 0.3) is 0 Å². The average Bonchev–Trinajstić information content (AvgIpc) is 3.10. The molecule has 0 aliphatic heterocycles. The molecule has 0 saturated carbocycles. The number of benzene rings is 2. The van der Waals surface area contributed by atoms with Crippen LogP contribution in [0.4, 0.5) is 13.2 Å². The molecule has 0 bridgehead atoms. The molecule has 0 aliphatic carbocycles. The molecule has 0 spiro atoms. The van der Waals surface area contributed by atoms with Gasteiger partial charge in [-0.3, -0.25) is 0 Å². The van der Waals surface area contributed by atoms with Gasteiger partial charge in [0.05, 0.1) is 20.8 Å². The lowest BCUT2D eigenvalue weighted by molar-refractivity contribution is -0.137. The van der Waals surface area contributed by atoms with E-state index in [2.05, 4.69) is 9.97 Å². The van der Waals surface area contributed by atoms with Crippen LogP contribution in [0.2, 0.25) is 0 Å². The number of aromatic amines is 1. The number of aromatic nitrogens is 2. The second-order valence-electron chi connectivity index (χ2n) is 5.32. The van der Waals surface area contributed by atoms with Crippen molar-refractivity contribution < 1.29 is 13.2 Å². The molecule has 0 radical (unpaired) electrons. The Bertz CT molecular complexity index is 998. The zero-order valence-electron chi connectivity index (χ0n) is 11.8. The second-order valence-corrected chi connectivity index (χ2v) is 6.44. The third-order valence-corrected chi connectivity index (χ3v) is 4.81. The van der Waals surface area contributed by atoms with Crippen LogP contribution < -0.4 is 0 Å². The number of thiazole rings is 1. The van der Waals surface area contributed by atoms with E-state index < -0.39 is 11.7 Å². The standard InChI is InChI=1S/C17H11F3N2S/c18-17(19,20)11-5-6-15-14(8-11)22-16(23-15)7-10-9-21-13-4-2-1-3-12(10)13/h1-6,8-9,21H,7H2. The first kappa shape index (κ1) is 14.3. The number of rotatable bonds is 2. The first-order valence-corrected chi connectivity index (χ1v) is 7.84. The zero-order chi connectivity index (χ0) is 16.0. The fraction of sp³-hybridized carbons (Fsp3) is 0.118. The van der Waals surface area contributed by atoms with Crippen LogP contribution in [0.3, 0.4) is 0 Å². The van der Waals surface area contributed by atoms with Crippen LogP contribution in [0, 0.1) is 0 Å². The first-order valence-electron chi connectivity index (χ1n) is 7.02. The van der Waals surface area contributed by atoms with Crippen molar-refractivity contribution >= 4 is 32.5 Å². The minimum absolute atomic E-state index is 0.402. The summed E-state index contributed by atoms with van der Waals surface area (Å²) >= 11 is 1.43. The minimum atomic E-state index is -4.34. The smallest absolute Gasteiger partial charge is 0.361 e. The molecule has 2 heterocycles. The number of fused-ring (bicyclic) bond motifs is 2. The molecule has 0 aliphatic rings. The van der Waals surface area contributed by atoms with Gasteiger partial charge in [0.1, 0.15) is 0 Å². The Morgan fingerprint density at radius 1 is 1.09 bits per heavy atom. The average molecular weight is 332 g/mol. The molecule has 2 aromatic carbocycles. The number of hydrogen-bond donors (Lipinski definition) is 1. The van der Waals surface area contributed by atoms with Crippen molar-refractivity contribution in [1.82, 2.24) is 9.97 Å². The number of halogens is 3. The van der Waals surface area contributed by atoms with E-state index in [1.165, 1.54) is 17.4 Å². The molecule has 0 amide bonds. The van der Waals surface area contributed by atoms with E-state index >= 15 is 0 Å². The van der Waals surface area contributed by atoms with Crippen LogP contribution >= 0.6 is 11.3 Å². The van der Waals surface area contributed by atoms with Gasteiger partial charge in [-0.15, -0.1) is 11.3 Å². The molecule has 2 aromatic heterocycles. The maximum Gasteiger partial charge on any atom is 0.416 e. The summed E-state index contributed by atoms with van der Waals surface area (Å²) in [6.45, 7) is 0. The van der Waals surface area contributed by atoms with Crippen LogP contribution in [-0.4, -0.2) is 9.97 Å². The van der Waals surface area contributed by atoms with Gasteiger partial charge in [-0.25, -0.2) is 4.98 Å². The summed E-state index contributed by atoms with van der Waals surface area (Å²) < 4.78 is 39.1. The highest BCUT2D eigenvalue weighted by atomic mass is 32.1. The Morgan fingerprint density at radius 2 is 1.91 bits per heavy atom. The number of para-hydroxylation sites is 1. The quantitative estimate of drug-likeness (QED) is 0.524. The van der Waals surface area contributed by atoms with Gasteiger partial charge in [-0.2, -0.15) is 13.2 Å². The Kier molecular flexibility index (Phi) is 3.16. The van der Waals surface area contributed by atoms with Crippen LogP contribution in [0.5, 0.6) is 0 Å². The number of nitrogens with zero attached hydrogens (tertiary/aromatic N) is 1. The summed E-state index contributed by atoms with van der Waals surface area (Å²) in [5.41, 5.74) is 1.88. The van der Waals surface area contributed by atoms with E-state index in [9.17, 15) is 13.2 Å². The summed E-state index contributed by atoms with van der Waals surface area (Å²) in [5, 5.41) is 1.92. The number of H-pyrrole nitrogens is 1. The van der Waals surface area contributed by atoms with E-state index in [4.69, 9.17) is 0 Å². The molecule has 4 aromatic rings. The van der Waals surface area contributed by atoms with Crippen LogP contribution in [-0.2, 0) is 12.6 Å². The zero-order valence-corrected chi connectivity index (χ0v) is 12.6. The molecule has 1 N–H and O–H groups in total. The van der Waals surface area contributed by atoms with Crippen LogP contribution in [0.15, 0.2) is 48.7 Å². The summed E-state index contributed by atoms with van der Waals surface area (Å²) in [6.07, 6.45) is -1.81. The predicted octanol–water partition coefficient (Wildman–Crippen LogP) is 5.39. The molecule has 6 heteroatoms. The van der Waals surface area contributed by atoms with Gasteiger partial charge in [-0.1, -0.05) is 18.2 Å². The van der Waals surface area contributed by atoms with E-state index in [0.29, 0.717) is 11.9 Å². The van der Waals surface area contributed by atoms with Gasteiger partial charge >= 0.3 is 6.18 Å². The van der Waals surface area contributed by atoms with Crippen molar-refractivity contribution in [2.45, 2.75) is 12.6 Å². The van der Waals surface area contributed by atoms with E-state index in [1.54, 1.807) is 0 Å². The minimum Gasteiger partial charge on any atom is -0.361 e. The Balaban J connectivity index is 1.72. The van der Waals surface area contributed by atoms with Crippen LogP contribution in [0.25, 0.3) is 21.1 Å². The molecule has 2 nitrogen and oxygen atoms in total. The predicted molar refractivity (Wildman–Crippen MR) is 85.7 cm³/mol. The summed E-state index contributed by atoms with van der Waals surface area (Å²) in [4.78, 5) is 7.57.